The number of hydrogen-bond acceptors (Lipinski definition) is 6. The molecule has 1 aromatic carbocycles. The van der Waals surface area contributed by atoms with Gasteiger partial charge in [0.25, 0.3) is 5.91 Å². The van der Waals surface area contributed by atoms with E-state index in [4.69, 9.17) is 4.74 Å². The number of rotatable bonds is 10. The molecule has 1 aromatic heterocycles. The second-order valence-corrected chi connectivity index (χ2v) is 10.7. The Morgan fingerprint density at radius 1 is 1.12 bits per heavy atom. The van der Waals surface area contributed by atoms with Crippen LogP contribution in [-0.2, 0) is 27.6 Å². The highest BCUT2D eigenvalue weighted by molar-refractivity contribution is 7.89. The number of sulfonamides is 1. The summed E-state index contributed by atoms with van der Waals surface area (Å²) in [6.07, 6.45) is 4.38. The van der Waals surface area contributed by atoms with Crippen molar-refractivity contribution in [2.24, 2.45) is 0 Å². The van der Waals surface area contributed by atoms with E-state index < -0.39 is 21.9 Å². The largest absolute Gasteiger partial charge is 0.462 e. The predicted molar refractivity (Wildman–Crippen MR) is 126 cm³/mol. The molecule has 3 rings (SSSR count). The molecule has 0 bridgehead atoms. The highest BCUT2D eigenvalue weighted by Crippen LogP contribution is 2.39. The third kappa shape index (κ3) is 5.05. The Balaban J connectivity index is 1.80. The van der Waals surface area contributed by atoms with Gasteiger partial charge in [-0.05, 0) is 62.4 Å². The summed E-state index contributed by atoms with van der Waals surface area (Å²) >= 11 is 1.41. The van der Waals surface area contributed by atoms with Gasteiger partial charge >= 0.3 is 5.97 Å². The average molecular weight is 479 g/mol. The zero-order chi connectivity index (χ0) is 23.3. The van der Waals surface area contributed by atoms with Crippen LogP contribution in [0, 0.1) is 0 Å². The molecule has 1 aliphatic carbocycles. The fourth-order valence-electron chi connectivity index (χ4n) is 3.80. The number of nitrogens with zero attached hydrogens (tertiary/aromatic N) is 1. The highest BCUT2D eigenvalue weighted by atomic mass is 32.2. The van der Waals surface area contributed by atoms with E-state index in [9.17, 15) is 18.0 Å². The minimum absolute atomic E-state index is 0.161. The van der Waals surface area contributed by atoms with Crippen LogP contribution in [0.2, 0.25) is 0 Å². The maximum Gasteiger partial charge on any atom is 0.341 e. The van der Waals surface area contributed by atoms with E-state index in [1.54, 1.807) is 6.92 Å². The lowest BCUT2D eigenvalue weighted by Gasteiger charge is -2.20. The molecule has 0 saturated carbocycles. The molecular weight excluding hydrogens is 448 g/mol. The molecule has 7 nitrogen and oxygen atoms in total. The lowest BCUT2D eigenvalue weighted by atomic mass is 10.1. The van der Waals surface area contributed by atoms with Crippen LogP contribution in [0.3, 0.4) is 0 Å². The van der Waals surface area contributed by atoms with Crippen molar-refractivity contribution in [3.05, 3.63) is 45.8 Å². The van der Waals surface area contributed by atoms with Crippen LogP contribution in [-0.4, -0.2) is 44.3 Å². The van der Waals surface area contributed by atoms with Crippen molar-refractivity contribution in [2.45, 2.75) is 57.8 Å². The highest BCUT2D eigenvalue weighted by Gasteiger charge is 2.29. The maximum atomic E-state index is 12.9. The van der Waals surface area contributed by atoms with Crippen molar-refractivity contribution in [1.29, 1.82) is 0 Å². The molecule has 0 atom stereocenters. The molecule has 1 aliphatic rings. The van der Waals surface area contributed by atoms with Gasteiger partial charge in [0.15, 0.2) is 0 Å². The maximum absolute atomic E-state index is 12.9. The molecule has 0 spiro atoms. The smallest absolute Gasteiger partial charge is 0.341 e. The van der Waals surface area contributed by atoms with Crippen molar-refractivity contribution >= 4 is 38.2 Å². The van der Waals surface area contributed by atoms with Gasteiger partial charge in [0.1, 0.15) is 5.00 Å². The van der Waals surface area contributed by atoms with E-state index in [0.29, 0.717) is 29.2 Å². The molecule has 32 heavy (non-hydrogen) atoms. The molecule has 0 fully saturated rings. The number of aryl methyl sites for hydroxylation is 1. The zero-order valence-corrected chi connectivity index (χ0v) is 20.4. The fourth-order valence-corrected chi connectivity index (χ4v) is 6.56. The second kappa shape index (κ2) is 10.6. The number of fused-ring (bicyclic) bond motifs is 1. The summed E-state index contributed by atoms with van der Waals surface area (Å²) in [5.41, 5.74) is 1.74. The summed E-state index contributed by atoms with van der Waals surface area (Å²) in [7, 11) is -3.60. The average Bonchev–Trinajstić information content (AvgIpc) is 3.35. The van der Waals surface area contributed by atoms with Gasteiger partial charge in [-0.25, -0.2) is 13.2 Å². The number of nitrogens with one attached hydrogen (secondary N) is 1. The molecule has 0 radical (unpaired) electrons. The van der Waals surface area contributed by atoms with Gasteiger partial charge in [0.05, 0.1) is 17.1 Å². The zero-order valence-electron chi connectivity index (χ0n) is 18.8. The number of esters is 1. The van der Waals surface area contributed by atoms with E-state index in [1.807, 2.05) is 13.8 Å². The van der Waals surface area contributed by atoms with E-state index >= 15 is 0 Å². The number of carbonyl (C=O) groups excluding carboxylic acids is 2. The summed E-state index contributed by atoms with van der Waals surface area (Å²) in [6.45, 7) is 6.71. The molecular formula is C23H30N2O5S2. The quantitative estimate of drug-likeness (QED) is 0.509. The molecule has 1 heterocycles. The van der Waals surface area contributed by atoms with Crippen molar-refractivity contribution in [3.8, 4) is 0 Å². The van der Waals surface area contributed by atoms with Crippen LogP contribution in [0.1, 0.15) is 71.2 Å². The summed E-state index contributed by atoms with van der Waals surface area (Å²) in [4.78, 5) is 26.6. The lowest BCUT2D eigenvalue weighted by molar-refractivity contribution is 0.0527. The third-order valence-electron chi connectivity index (χ3n) is 5.50. The Morgan fingerprint density at radius 3 is 2.47 bits per heavy atom. The summed E-state index contributed by atoms with van der Waals surface area (Å²) < 4.78 is 32.4. The van der Waals surface area contributed by atoms with Crippen molar-refractivity contribution in [1.82, 2.24) is 4.31 Å². The molecule has 2 aromatic rings. The van der Waals surface area contributed by atoms with Crippen molar-refractivity contribution in [2.75, 3.05) is 25.0 Å². The van der Waals surface area contributed by atoms with Crippen LogP contribution >= 0.6 is 11.3 Å². The summed E-state index contributed by atoms with van der Waals surface area (Å²) in [5, 5.41) is 3.33. The number of amides is 1. The Hall–Kier alpha value is -2.23. The van der Waals surface area contributed by atoms with Gasteiger partial charge in [-0.1, -0.05) is 20.3 Å². The van der Waals surface area contributed by atoms with E-state index in [1.165, 1.54) is 39.9 Å². The molecule has 1 amide bonds. The van der Waals surface area contributed by atoms with Crippen LogP contribution in [0.5, 0.6) is 0 Å². The first kappa shape index (κ1) is 24.4. The molecule has 9 heteroatoms. The van der Waals surface area contributed by atoms with Crippen LogP contribution in [0.15, 0.2) is 29.2 Å². The molecule has 0 unspecified atom stereocenters. The number of benzene rings is 1. The Morgan fingerprint density at radius 2 is 1.84 bits per heavy atom. The number of ether oxygens (including phenoxy) is 1. The van der Waals surface area contributed by atoms with Crippen LogP contribution in [0.25, 0.3) is 0 Å². The van der Waals surface area contributed by atoms with Crippen molar-refractivity contribution < 1.29 is 22.7 Å². The Kier molecular flexibility index (Phi) is 8.08. The lowest BCUT2D eigenvalue weighted by Crippen LogP contribution is -2.31. The first-order chi connectivity index (χ1) is 15.3. The van der Waals surface area contributed by atoms with Gasteiger partial charge in [0, 0.05) is 23.5 Å². The van der Waals surface area contributed by atoms with E-state index in [2.05, 4.69) is 5.32 Å². The number of unbranched alkanes of at least 4 members (excludes halogenated alkanes) is 1. The minimum Gasteiger partial charge on any atom is -0.462 e. The monoisotopic (exact) mass is 478 g/mol. The number of anilines is 1. The van der Waals surface area contributed by atoms with Gasteiger partial charge in [0.2, 0.25) is 10.0 Å². The van der Waals surface area contributed by atoms with Gasteiger partial charge in [-0.3, -0.25) is 4.79 Å². The molecule has 174 valence electrons. The van der Waals surface area contributed by atoms with Gasteiger partial charge < -0.3 is 10.1 Å². The molecule has 0 aliphatic heterocycles. The van der Waals surface area contributed by atoms with Crippen LogP contribution < -0.4 is 5.32 Å². The van der Waals surface area contributed by atoms with Gasteiger partial charge in [-0.2, -0.15) is 4.31 Å². The van der Waals surface area contributed by atoms with E-state index in [0.717, 1.165) is 42.5 Å². The summed E-state index contributed by atoms with van der Waals surface area (Å²) in [5.74, 6) is -0.812. The number of hydrogen-bond donors (Lipinski definition) is 1. The number of carbonyl (C=O) groups is 2. The van der Waals surface area contributed by atoms with Crippen LogP contribution in [0.4, 0.5) is 5.00 Å². The Bertz CT molecular complexity index is 1070. The van der Waals surface area contributed by atoms with Gasteiger partial charge in [-0.15, -0.1) is 11.3 Å². The number of thiophene rings is 1. The fraction of sp³-hybridized carbons (Fsp3) is 0.478. The first-order valence-electron chi connectivity index (χ1n) is 11.1. The minimum atomic E-state index is -3.60. The topological polar surface area (TPSA) is 92.8 Å². The second-order valence-electron chi connectivity index (χ2n) is 7.61. The normalized spacial score (nSPS) is 13.2. The standard InChI is InChI=1S/C23H30N2O5S2/c1-4-7-15-25(5-2)32(28,29)17-13-11-16(12-14-17)21(26)24-22-20(23(27)30-6-3)18-9-8-10-19(18)31-22/h11-14H,4-10,15H2,1-3H3,(H,24,26). The Labute approximate surface area is 193 Å². The van der Waals surface area contributed by atoms with E-state index in [-0.39, 0.29) is 11.5 Å². The first-order valence-corrected chi connectivity index (χ1v) is 13.3. The SMILES string of the molecule is CCCCN(CC)S(=O)(=O)c1ccc(C(=O)Nc2sc3c(c2C(=O)OCC)CCC3)cc1. The predicted octanol–water partition coefficient (Wildman–Crippen LogP) is 4.48. The molecule has 0 saturated heterocycles. The third-order valence-corrected chi connectivity index (χ3v) is 8.69. The summed E-state index contributed by atoms with van der Waals surface area (Å²) in [6, 6.07) is 5.92. The molecule has 1 N–H and O–H groups in total. The van der Waals surface area contributed by atoms with Crippen molar-refractivity contribution in [3.63, 3.8) is 0 Å².